The van der Waals surface area contributed by atoms with E-state index in [0.717, 1.165) is 5.56 Å². The van der Waals surface area contributed by atoms with Crippen molar-refractivity contribution in [2.75, 3.05) is 6.54 Å². The molecule has 0 aromatic heterocycles. The van der Waals surface area contributed by atoms with Gasteiger partial charge in [-0.3, -0.25) is 9.80 Å². The zero-order valence-corrected chi connectivity index (χ0v) is 14.8. The quantitative estimate of drug-likeness (QED) is 0.875. The van der Waals surface area contributed by atoms with Crippen molar-refractivity contribution in [3.63, 3.8) is 0 Å². The lowest BCUT2D eigenvalue weighted by molar-refractivity contribution is -0.177. The smallest absolute Gasteiger partial charge is 0.408 e. The summed E-state index contributed by atoms with van der Waals surface area (Å²) in [5, 5.41) is 3.86. The fourth-order valence-electron chi connectivity index (χ4n) is 3.46. The first-order valence-electron chi connectivity index (χ1n) is 8.40. The molecular weight excluding hydrogens is 325 g/mol. The minimum absolute atomic E-state index is 0.0123. The Hall–Kier alpha value is -2.15. The van der Waals surface area contributed by atoms with Gasteiger partial charge in [-0.25, -0.2) is 14.6 Å². The minimum atomic E-state index is -1.48. The van der Waals surface area contributed by atoms with Gasteiger partial charge in [0.15, 0.2) is 0 Å². The molecule has 1 aromatic carbocycles. The van der Waals surface area contributed by atoms with E-state index in [-0.39, 0.29) is 25.3 Å². The second-order valence-corrected chi connectivity index (χ2v) is 7.93. The molecule has 0 spiro atoms. The number of hydrogen-bond donors (Lipinski definition) is 2. The average molecular weight is 349 g/mol. The second kappa shape index (κ2) is 5.98. The van der Waals surface area contributed by atoms with E-state index < -0.39 is 22.9 Å². The number of nitrogens with one attached hydrogen (secondary N) is 2. The number of carbonyl (C=O) groups is 2. The Bertz CT molecular complexity index is 666. The molecule has 0 atom stereocenters. The molecule has 2 amide bonds. The van der Waals surface area contributed by atoms with Crippen molar-refractivity contribution < 1.29 is 18.7 Å². The number of carbonyl (C=O) groups excluding carboxylic acids is 2. The van der Waals surface area contributed by atoms with Crippen LogP contribution in [0, 0.1) is 0 Å². The number of ether oxygens (including phenoxy) is 1. The van der Waals surface area contributed by atoms with Gasteiger partial charge in [-0.15, -0.1) is 0 Å². The lowest BCUT2D eigenvalue weighted by Gasteiger charge is -2.57. The number of halogens is 1. The topological polar surface area (TPSA) is 70.7 Å². The molecule has 7 heteroatoms. The summed E-state index contributed by atoms with van der Waals surface area (Å²) in [7, 11) is 0. The second-order valence-electron chi connectivity index (χ2n) is 7.93. The number of hydrogen-bond acceptors (Lipinski definition) is 4. The van der Waals surface area contributed by atoms with Gasteiger partial charge < -0.3 is 10.1 Å². The molecule has 0 radical (unpaired) electrons. The summed E-state index contributed by atoms with van der Waals surface area (Å²) < 4.78 is 19.9. The van der Waals surface area contributed by atoms with Crippen LogP contribution in [0.2, 0.25) is 0 Å². The van der Waals surface area contributed by atoms with Crippen LogP contribution in [0.3, 0.4) is 0 Å². The van der Waals surface area contributed by atoms with Crippen LogP contribution in [0.25, 0.3) is 0 Å². The fourth-order valence-corrected chi connectivity index (χ4v) is 3.46. The van der Waals surface area contributed by atoms with Gasteiger partial charge in [-0.2, -0.15) is 0 Å². The van der Waals surface area contributed by atoms with Gasteiger partial charge in [0, 0.05) is 19.4 Å². The standard InChI is InChI=1S/C18H24FN3O3/c1-16(2,3)25-15(24)21-18-10-17(19,11-18)12-22(14(18)23)20-9-13-7-5-4-6-8-13/h4-8,20H,9-12H2,1-3H3,(H,21,24). The highest BCUT2D eigenvalue weighted by molar-refractivity contribution is 5.93. The number of rotatable bonds is 4. The molecule has 2 aliphatic heterocycles. The number of benzene rings is 1. The fraction of sp³-hybridized carbons (Fsp3) is 0.556. The van der Waals surface area contributed by atoms with E-state index in [2.05, 4.69) is 10.7 Å². The molecule has 2 saturated heterocycles. The van der Waals surface area contributed by atoms with Crippen molar-refractivity contribution in [1.29, 1.82) is 0 Å². The molecule has 3 aliphatic rings. The zero-order valence-electron chi connectivity index (χ0n) is 14.8. The Balaban J connectivity index is 1.65. The summed E-state index contributed by atoms with van der Waals surface area (Å²) in [6.07, 6.45) is -0.726. The van der Waals surface area contributed by atoms with Crippen LogP contribution in [0.5, 0.6) is 0 Å². The van der Waals surface area contributed by atoms with Crippen molar-refractivity contribution in [3.05, 3.63) is 35.9 Å². The van der Waals surface area contributed by atoms with Gasteiger partial charge in [0.1, 0.15) is 16.8 Å². The van der Waals surface area contributed by atoms with Crippen molar-refractivity contribution >= 4 is 12.0 Å². The third kappa shape index (κ3) is 3.76. The monoisotopic (exact) mass is 349 g/mol. The molecule has 1 saturated carbocycles. The first-order valence-corrected chi connectivity index (χ1v) is 8.40. The lowest BCUT2D eigenvalue weighted by Crippen LogP contribution is -2.79. The summed E-state index contributed by atoms with van der Waals surface area (Å²) in [4.78, 5) is 24.8. The highest BCUT2D eigenvalue weighted by Crippen LogP contribution is 2.49. The van der Waals surface area contributed by atoms with Gasteiger partial charge in [0.25, 0.3) is 5.91 Å². The van der Waals surface area contributed by atoms with E-state index in [4.69, 9.17) is 4.74 Å². The van der Waals surface area contributed by atoms with Crippen LogP contribution in [0.4, 0.5) is 9.18 Å². The van der Waals surface area contributed by atoms with Crippen molar-refractivity contribution in [3.8, 4) is 0 Å². The highest BCUT2D eigenvalue weighted by atomic mass is 19.1. The number of amides is 2. The van der Waals surface area contributed by atoms with Crippen LogP contribution < -0.4 is 10.7 Å². The Labute approximate surface area is 146 Å². The Morgan fingerprint density at radius 3 is 2.52 bits per heavy atom. The molecule has 0 unspecified atom stereocenters. The number of fused-ring (bicyclic) bond motifs is 2. The maximum atomic E-state index is 14.7. The van der Waals surface area contributed by atoms with Crippen molar-refractivity contribution in [2.45, 2.75) is 57.0 Å². The van der Waals surface area contributed by atoms with Crippen molar-refractivity contribution in [1.82, 2.24) is 15.8 Å². The van der Waals surface area contributed by atoms with E-state index in [9.17, 15) is 14.0 Å². The molecular formula is C18H24FN3O3. The van der Waals surface area contributed by atoms with Crippen LogP contribution in [0.1, 0.15) is 39.2 Å². The van der Waals surface area contributed by atoms with Gasteiger partial charge in [0.05, 0.1) is 6.54 Å². The zero-order chi connectivity index (χ0) is 18.3. The average Bonchev–Trinajstić information content (AvgIpc) is 2.47. The molecule has 4 rings (SSSR count). The molecule has 1 aliphatic carbocycles. The van der Waals surface area contributed by atoms with Gasteiger partial charge in [-0.1, -0.05) is 30.3 Å². The number of piperidine rings is 2. The predicted octanol–water partition coefficient (Wildman–Crippen LogP) is 2.30. The molecule has 2 bridgehead atoms. The van der Waals surface area contributed by atoms with Crippen LogP contribution >= 0.6 is 0 Å². The summed E-state index contributed by atoms with van der Waals surface area (Å²) in [6, 6.07) is 9.54. The number of alkyl carbamates (subject to hydrolysis) is 1. The van der Waals surface area contributed by atoms with Gasteiger partial charge >= 0.3 is 6.09 Å². The number of alkyl halides is 1. The molecule has 2 N–H and O–H groups in total. The summed E-state index contributed by atoms with van der Waals surface area (Å²) in [5.41, 5.74) is 0.572. The largest absolute Gasteiger partial charge is 0.444 e. The molecule has 1 aromatic rings. The van der Waals surface area contributed by atoms with Crippen LogP contribution in [-0.4, -0.2) is 40.4 Å². The summed E-state index contributed by atoms with van der Waals surface area (Å²) in [6.45, 7) is 5.60. The van der Waals surface area contributed by atoms with E-state index in [1.54, 1.807) is 20.8 Å². The van der Waals surface area contributed by atoms with E-state index in [1.165, 1.54) is 5.01 Å². The maximum absolute atomic E-state index is 14.7. The number of hydrazine groups is 1. The van der Waals surface area contributed by atoms with E-state index in [1.807, 2.05) is 30.3 Å². The van der Waals surface area contributed by atoms with Crippen molar-refractivity contribution in [2.24, 2.45) is 0 Å². The number of nitrogens with zero attached hydrogens (tertiary/aromatic N) is 1. The summed E-state index contributed by atoms with van der Waals surface area (Å²) >= 11 is 0. The lowest BCUT2D eigenvalue weighted by atomic mass is 9.62. The predicted molar refractivity (Wildman–Crippen MR) is 90.2 cm³/mol. The van der Waals surface area contributed by atoms with Gasteiger partial charge in [0.2, 0.25) is 0 Å². The third-order valence-electron chi connectivity index (χ3n) is 4.39. The maximum Gasteiger partial charge on any atom is 0.408 e. The molecule has 3 fully saturated rings. The van der Waals surface area contributed by atoms with Crippen LogP contribution in [0.15, 0.2) is 30.3 Å². The third-order valence-corrected chi connectivity index (χ3v) is 4.39. The first-order chi connectivity index (χ1) is 11.6. The van der Waals surface area contributed by atoms with Crippen LogP contribution in [-0.2, 0) is 16.1 Å². The van der Waals surface area contributed by atoms with E-state index in [0.29, 0.717) is 6.54 Å². The first kappa shape index (κ1) is 17.7. The summed E-state index contributed by atoms with van der Waals surface area (Å²) in [5.74, 6) is -0.325. The Morgan fingerprint density at radius 1 is 1.28 bits per heavy atom. The molecule has 2 heterocycles. The normalized spacial score (nSPS) is 28.3. The Morgan fingerprint density at radius 2 is 1.92 bits per heavy atom. The van der Waals surface area contributed by atoms with E-state index >= 15 is 0 Å². The molecule has 25 heavy (non-hydrogen) atoms. The molecule has 136 valence electrons. The van der Waals surface area contributed by atoms with Gasteiger partial charge in [-0.05, 0) is 26.3 Å². The Kier molecular flexibility index (Phi) is 4.23. The molecule has 6 nitrogen and oxygen atoms in total. The highest BCUT2D eigenvalue weighted by Gasteiger charge is 2.67. The SMILES string of the molecule is CC(C)(C)OC(=O)NC12CC(F)(CN(NCc3ccccc3)C1=O)C2. The minimum Gasteiger partial charge on any atom is -0.444 e.